The number of hydrogen-bond acceptors (Lipinski definition) is 4. The van der Waals surface area contributed by atoms with Gasteiger partial charge in [0.1, 0.15) is 0 Å². The van der Waals surface area contributed by atoms with Crippen LogP contribution in [0.1, 0.15) is 18.4 Å². The second kappa shape index (κ2) is 4.38. The van der Waals surface area contributed by atoms with E-state index in [1.54, 1.807) is 0 Å². The first-order valence-electron chi connectivity index (χ1n) is 4.58. The lowest BCUT2D eigenvalue weighted by atomic mass is 10.1. The van der Waals surface area contributed by atoms with Crippen molar-refractivity contribution in [3.8, 4) is 0 Å². The molecule has 72 valence electrons. The van der Waals surface area contributed by atoms with Crippen molar-refractivity contribution < 1.29 is 0 Å². The fraction of sp³-hybridized carbons (Fsp3) is 0.500. The van der Waals surface area contributed by atoms with Gasteiger partial charge in [0, 0.05) is 12.4 Å². The molecule has 0 radical (unpaired) electrons. The fourth-order valence-electron chi connectivity index (χ4n) is 1.45. The first-order chi connectivity index (χ1) is 6.45. The van der Waals surface area contributed by atoms with Crippen molar-refractivity contribution in [1.82, 2.24) is 26.9 Å². The molecular weight excluding hydrogens is 166 g/mol. The van der Waals surface area contributed by atoms with Crippen LogP contribution in [0.2, 0.25) is 0 Å². The van der Waals surface area contributed by atoms with Crippen LogP contribution < -0.4 is 21.9 Å². The maximum atomic E-state index is 3.06. The third kappa shape index (κ3) is 2.53. The summed E-state index contributed by atoms with van der Waals surface area (Å²) in [6.45, 7) is 0. The Morgan fingerprint density at radius 2 is 2.08 bits per heavy atom. The number of nitrogens with one attached hydrogen (secondary N) is 5. The number of aryl methyl sites for hydroxylation is 1. The van der Waals surface area contributed by atoms with Gasteiger partial charge in [-0.15, -0.1) is 0 Å². The van der Waals surface area contributed by atoms with Crippen LogP contribution in [0.3, 0.4) is 0 Å². The molecule has 0 aromatic carbocycles. The molecule has 0 saturated carbocycles. The summed E-state index contributed by atoms with van der Waals surface area (Å²) >= 11 is 0. The van der Waals surface area contributed by atoms with Gasteiger partial charge in [-0.2, -0.15) is 11.1 Å². The van der Waals surface area contributed by atoms with E-state index in [1.165, 1.54) is 12.0 Å². The van der Waals surface area contributed by atoms with Crippen LogP contribution in [0.5, 0.6) is 0 Å². The first kappa shape index (κ1) is 8.71. The number of hydrazine groups is 3. The molecule has 0 amide bonds. The molecule has 13 heavy (non-hydrogen) atoms. The van der Waals surface area contributed by atoms with E-state index in [9.17, 15) is 0 Å². The van der Waals surface area contributed by atoms with Gasteiger partial charge in [-0.05, 0) is 30.9 Å². The van der Waals surface area contributed by atoms with Crippen molar-refractivity contribution in [2.24, 2.45) is 0 Å². The average molecular weight is 181 g/mol. The molecular formula is C8H15N5. The molecule has 5 heteroatoms. The molecule has 0 unspecified atom stereocenters. The highest BCUT2D eigenvalue weighted by molar-refractivity contribution is 5.07. The highest BCUT2D eigenvalue weighted by Crippen LogP contribution is 2.04. The second-order valence-electron chi connectivity index (χ2n) is 3.20. The topological polar surface area (TPSA) is 63.9 Å². The summed E-state index contributed by atoms with van der Waals surface area (Å²) in [7, 11) is 0. The van der Waals surface area contributed by atoms with E-state index in [0.29, 0.717) is 6.17 Å². The van der Waals surface area contributed by atoms with Gasteiger partial charge >= 0.3 is 0 Å². The van der Waals surface area contributed by atoms with Gasteiger partial charge in [-0.1, -0.05) is 0 Å². The zero-order valence-electron chi connectivity index (χ0n) is 7.43. The molecule has 2 heterocycles. The third-order valence-electron chi connectivity index (χ3n) is 2.18. The molecule has 0 bridgehead atoms. The SMILES string of the molecule is c1cc(CCCC2NNNN2)c[nH]1. The number of hydrogen-bond donors (Lipinski definition) is 5. The number of aromatic nitrogens is 1. The summed E-state index contributed by atoms with van der Waals surface area (Å²) in [6.07, 6.45) is 7.75. The number of H-pyrrole nitrogens is 1. The van der Waals surface area contributed by atoms with Crippen LogP contribution in [0.15, 0.2) is 18.5 Å². The van der Waals surface area contributed by atoms with Gasteiger partial charge < -0.3 is 4.98 Å². The second-order valence-corrected chi connectivity index (χ2v) is 3.20. The maximum Gasteiger partial charge on any atom is 0.0859 e. The van der Waals surface area contributed by atoms with Crippen molar-refractivity contribution in [3.05, 3.63) is 24.0 Å². The summed E-state index contributed by atoms with van der Waals surface area (Å²) in [5.41, 5.74) is 13.1. The zero-order valence-corrected chi connectivity index (χ0v) is 7.43. The van der Waals surface area contributed by atoms with Gasteiger partial charge in [0.05, 0.1) is 6.17 Å². The lowest BCUT2D eigenvalue weighted by Gasteiger charge is -2.06. The van der Waals surface area contributed by atoms with Gasteiger partial charge in [-0.25, -0.2) is 10.9 Å². The van der Waals surface area contributed by atoms with Gasteiger partial charge in [0.2, 0.25) is 0 Å². The molecule has 2 rings (SSSR count). The van der Waals surface area contributed by atoms with Gasteiger partial charge in [0.25, 0.3) is 0 Å². The molecule has 0 aliphatic carbocycles. The minimum absolute atomic E-state index is 0.332. The smallest absolute Gasteiger partial charge is 0.0859 e. The Kier molecular flexibility index (Phi) is 2.94. The van der Waals surface area contributed by atoms with E-state index in [2.05, 4.69) is 33.0 Å². The van der Waals surface area contributed by atoms with Crippen LogP contribution >= 0.6 is 0 Å². The minimum atomic E-state index is 0.332. The van der Waals surface area contributed by atoms with Crippen molar-refractivity contribution in [2.75, 3.05) is 0 Å². The van der Waals surface area contributed by atoms with E-state index in [4.69, 9.17) is 0 Å². The molecule has 1 saturated heterocycles. The zero-order chi connectivity index (χ0) is 8.93. The molecule has 5 N–H and O–H groups in total. The molecule has 0 atom stereocenters. The van der Waals surface area contributed by atoms with Crippen molar-refractivity contribution in [2.45, 2.75) is 25.4 Å². The number of aromatic amines is 1. The summed E-state index contributed by atoms with van der Waals surface area (Å²) in [6, 6.07) is 2.12. The van der Waals surface area contributed by atoms with E-state index >= 15 is 0 Å². The molecule has 0 spiro atoms. The molecule has 1 fully saturated rings. The predicted molar refractivity (Wildman–Crippen MR) is 50.1 cm³/mol. The first-order valence-corrected chi connectivity index (χ1v) is 4.58. The van der Waals surface area contributed by atoms with Gasteiger partial charge in [0.15, 0.2) is 0 Å². The van der Waals surface area contributed by atoms with E-state index in [-0.39, 0.29) is 0 Å². The summed E-state index contributed by atoms with van der Waals surface area (Å²) in [5, 5.41) is 0. The molecule has 5 nitrogen and oxygen atoms in total. The summed E-state index contributed by atoms with van der Waals surface area (Å²) in [5.74, 6) is 0. The van der Waals surface area contributed by atoms with E-state index < -0.39 is 0 Å². The molecule has 1 aromatic rings. The average Bonchev–Trinajstić information content (AvgIpc) is 2.75. The van der Waals surface area contributed by atoms with Crippen LogP contribution in [0, 0.1) is 0 Å². The Bertz CT molecular complexity index is 227. The molecule has 1 aliphatic heterocycles. The molecule has 1 aliphatic rings. The Hall–Kier alpha value is -0.880. The maximum absolute atomic E-state index is 3.06. The van der Waals surface area contributed by atoms with Crippen LogP contribution in [0.4, 0.5) is 0 Å². The van der Waals surface area contributed by atoms with Crippen LogP contribution in [-0.2, 0) is 6.42 Å². The summed E-state index contributed by atoms with van der Waals surface area (Å²) in [4.78, 5) is 3.05. The standard InChI is InChI=1S/C8H15N5/c1(2-7-4-5-9-6-7)3-8-10-12-13-11-8/h4-6,8-13H,1-3H2. The normalized spacial score (nSPS) is 18.2. The monoisotopic (exact) mass is 181 g/mol. The lowest BCUT2D eigenvalue weighted by Crippen LogP contribution is -2.33. The molecule has 1 aromatic heterocycles. The highest BCUT2D eigenvalue weighted by atomic mass is 15.8. The van der Waals surface area contributed by atoms with E-state index in [1.807, 2.05) is 12.4 Å². The van der Waals surface area contributed by atoms with Crippen LogP contribution in [0.25, 0.3) is 0 Å². The number of rotatable bonds is 4. The van der Waals surface area contributed by atoms with Crippen LogP contribution in [-0.4, -0.2) is 11.1 Å². The Balaban J connectivity index is 1.63. The third-order valence-corrected chi connectivity index (χ3v) is 2.18. The fourth-order valence-corrected chi connectivity index (χ4v) is 1.45. The highest BCUT2D eigenvalue weighted by Gasteiger charge is 2.10. The summed E-state index contributed by atoms with van der Waals surface area (Å²) < 4.78 is 0. The Labute approximate surface area is 77.2 Å². The van der Waals surface area contributed by atoms with Gasteiger partial charge in [-0.3, -0.25) is 0 Å². The lowest BCUT2D eigenvalue weighted by molar-refractivity contribution is 0.473. The van der Waals surface area contributed by atoms with E-state index in [0.717, 1.165) is 12.8 Å². The largest absolute Gasteiger partial charge is 0.367 e. The Morgan fingerprint density at radius 1 is 1.23 bits per heavy atom. The Morgan fingerprint density at radius 3 is 2.77 bits per heavy atom. The quantitative estimate of drug-likeness (QED) is 0.445. The van der Waals surface area contributed by atoms with Crippen molar-refractivity contribution >= 4 is 0 Å². The van der Waals surface area contributed by atoms with Crippen molar-refractivity contribution in [3.63, 3.8) is 0 Å². The van der Waals surface area contributed by atoms with Crippen molar-refractivity contribution in [1.29, 1.82) is 0 Å². The predicted octanol–water partition coefficient (Wildman–Crippen LogP) is -0.219. The minimum Gasteiger partial charge on any atom is -0.367 e.